The molecule has 4 heteroatoms. The van der Waals surface area contributed by atoms with Crippen LogP contribution in [0.3, 0.4) is 0 Å². The van der Waals surface area contributed by atoms with E-state index in [0.29, 0.717) is 11.2 Å². The van der Waals surface area contributed by atoms with Crippen LogP contribution < -0.4 is 5.32 Å². The molecule has 1 rings (SSSR count). The van der Waals surface area contributed by atoms with Crippen molar-refractivity contribution in [2.45, 2.75) is 59.4 Å². The molecule has 1 unspecified atom stereocenters. The van der Waals surface area contributed by atoms with Crippen molar-refractivity contribution in [3.8, 4) is 0 Å². The summed E-state index contributed by atoms with van der Waals surface area (Å²) in [5, 5.41) is 3.96. The SMILES string of the molecule is CCCC(C)Nc1nc(C(C)C)nc(Cl)c1C. The van der Waals surface area contributed by atoms with E-state index in [1.54, 1.807) is 0 Å². The number of anilines is 1. The highest BCUT2D eigenvalue weighted by molar-refractivity contribution is 6.30. The Morgan fingerprint density at radius 2 is 1.88 bits per heavy atom. The van der Waals surface area contributed by atoms with E-state index in [1.807, 2.05) is 6.92 Å². The van der Waals surface area contributed by atoms with Crippen LogP contribution in [-0.4, -0.2) is 16.0 Å². The first-order valence-electron chi connectivity index (χ1n) is 6.26. The van der Waals surface area contributed by atoms with E-state index in [1.165, 1.54) is 0 Å². The number of aromatic nitrogens is 2. The number of nitrogens with zero attached hydrogens (tertiary/aromatic N) is 2. The summed E-state index contributed by atoms with van der Waals surface area (Å²) in [4.78, 5) is 8.85. The molecule has 0 radical (unpaired) electrons. The van der Waals surface area contributed by atoms with Crippen LogP contribution in [0.4, 0.5) is 5.82 Å². The number of halogens is 1. The van der Waals surface area contributed by atoms with Gasteiger partial charge in [0.2, 0.25) is 0 Å². The summed E-state index contributed by atoms with van der Waals surface area (Å²) in [6.07, 6.45) is 2.28. The molecule has 0 spiro atoms. The lowest BCUT2D eigenvalue weighted by molar-refractivity contribution is 0.682. The largest absolute Gasteiger partial charge is 0.367 e. The van der Waals surface area contributed by atoms with Gasteiger partial charge in [0.25, 0.3) is 0 Å². The summed E-state index contributed by atoms with van der Waals surface area (Å²) >= 11 is 6.13. The molecule has 3 nitrogen and oxygen atoms in total. The van der Waals surface area contributed by atoms with Crippen LogP contribution in [0.5, 0.6) is 0 Å². The van der Waals surface area contributed by atoms with Crippen LogP contribution in [0.2, 0.25) is 5.15 Å². The van der Waals surface area contributed by atoms with E-state index in [-0.39, 0.29) is 5.92 Å². The molecule has 17 heavy (non-hydrogen) atoms. The van der Waals surface area contributed by atoms with Crippen molar-refractivity contribution in [2.75, 3.05) is 5.32 Å². The quantitative estimate of drug-likeness (QED) is 0.803. The summed E-state index contributed by atoms with van der Waals surface area (Å²) in [7, 11) is 0. The molecule has 0 fully saturated rings. The Labute approximate surface area is 109 Å². The summed E-state index contributed by atoms with van der Waals surface area (Å²) < 4.78 is 0. The Hall–Kier alpha value is -0.830. The summed E-state index contributed by atoms with van der Waals surface area (Å²) in [5.74, 6) is 1.96. The van der Waals surface area contributed by atoms with Crippen LogP contribution in [-0.2, 0) is 0 Å². The normalized spacial score (nSPS) is 12.9. The van der Waals surface area contributed by atoms with Gasteiger partial charge in [0.05, 0.1) is 0 Å². The Kier molecular flexibility index (Phi) is 5.19. The van der Waals surface area contributed by atoms with Crippen molar-refractivity contribution >= 4 is 17.4 Å². The van der Waals surface area contributed by atoms with Crippen molar-refractivity contribution in [3.05, 3.63) is 16.5 Å². The molecule has 0 aromatic carbocycles. The molecule has 1 heterocycles. The van der Waals surface area contributed by atoms with Gasteiger partial charge in [-0.2, -0.15) is 0 Å². The van der Waals surface area contributed by atoms with Gasteiger partial charge in [-0.3, -0.25) is 0 Å². The van der Waals surface area contributed by atoms with Crippen LogP contribution >= 0.6 is 11.6 Å². The summed E-state index contributed by atoms with van der Waals surface area (Å²) in [6.45, 7) is 10.4. The van der Waals surface area contributed by atoms with Crippen molar-refractivity contribution < 1.29 is 0 Å². The fourth-order valence-corrected chi connectivity index (χ4v) is 1.82. The molecule has 0 saturated heterocycles. The monoisotopic (exact) mass is 255 g/mol. The van der Waals surface area contributed by atoms with E-state index >= 15 is 0 Å². The topological polar surface area (TPSA) is 37.8 Å². The lowest BCUT2D eigenvalue weighted by atomic mass is 10.2. The van der Waals surface area contributed by atoms with Crippen LogP contribution in [0, 0.1) is 6.92 Å². The summed E-state index contributed by atoms with van der Waals surface area (Å²) in [6, 6.07) is 0.407. The number of hydrogen-bond acceptors (Lipinski definition) is 3. The minimum atomic E-state index is 0.287. The van der Waals surface area contributed by atoms with E-state index in [4.69, 9.17) is 11.6 Å². The molecule has 0 amide bonds. The van der Waals surface area contributed by atoms with E-state index in [2.05, 4.69) is 43.0 Å². The highest BCUT2D eigenvalue weighted by Crippen LogP contribution is 2.23. The first kappa shape index (κ1) is 14.2. The minimum absolute atomic E-state index is 0.287. The third-order valence-electron chi connectivity index (χ3n) is 2.72. The molecule has 1 aromatic heterocycles. The smallest absolute Gasteiger partial charge is 0.137 e. The van der Waals surface area contributed by atoms with Gasteiger partial charge >= 0.3 is 0 Å². The third kappa shape index (κ3) is 3.84. The average molecular weight is 256 g/mol. The van der Waals surface area contributed by atoms with Gasteiger partial charge in [-0.25, -0.2) is 9.97 Å². The maximum Gasteiger partial charge on any atom is 0.137 e. The predicted molar refractivity (Wildman–Crippen MR) is 73.9 cm³/mol. The lowest BCUT2D eigenvalue weighted by Crippen LogP contribution is -2.17. The van der Waals surface area contributed by atoms with E-state index < -0.39 is 0 Å². The van der Waals surface area contributed by atoms with Gasteiger partial charge in [0.1, 0.15) is 16.8 Å². The lowest BCUT2D eigenvalue weighted by Gasteiger charge is -2.17. The van der Waals surface area contributed by atoms with E-state index in [0.717, 1.165) is 30.0 Å². The van der Waals surface area contributed by atoms with Crippen molar-refractivity contribution in [1.29, 1.82) is 0 Å². The van der Waals surface area contributed by atoms with Crippen LogP contribution in [0.1, 0.15) is 57.8 Å². The molecule has 1 N–H and O–H groups in total. The molecule has 1 aromatic rings. The molecular formula is C13H22ClN3. The minimum Gasteiger partial charge on any atom is -0.367 e. The fourth-order valence-electron chi connectivity index (χ4n) is 1.64. The number of hydrogen-bond donors (Lipinski definition) is 1. The van der Waals surface area contributed by atoms with Gasteiger partial charge < -0.3 is 5.32 Å². The standard InChI is InChI=1S/C13H22ClN3/c1-6-7-9(4)15-13-10(5)11(14)16-12(17-13)8(2)3/h8-9H,6-7H2,1-5H3,(H,15,16,17). The second kappa shape index (κ2) is 6.20. The zero-order valence-corrected chi connectivity index (χ0v) is 12.1. The predicted octanol–water partition coefficient (Wildman–Crippen LogP) is 4.16. The molecular weight excluding hydrogens is 234 g/mol. The fraction of sp³-hybridized carbons (Fsp3) is 0.692. The van der Waals surface area contributed by atoms with Gasteiger partial charge in [0.15, 0.2) is 0 Å². The Balaban J connectivity index is 2.97. The zero-order valence-electron chi connectivity index (χ0n) is 11.3. The molecule has 1 atom stereocenters. The van der Waals surface area contributed by atoms with Crippen LogP contribution in [0.25, 0.3) is 0 Å². The average Bonchev–Trinajstić information content (AvgIpc) is 2.24. The molecule has 96 valence electrons. The van der Waals surface area contributed by atoms with Crippen molar-refractivity contribution in [1.82, 2.24) is 9.97 Å². The summed E-state index contributed by atoms with van der Waals surface area (Å²) in [5.41, 5.74) is 0.930. The van der Waals surface area contributed by atoms with Crippen molar-refractivity contribution in [2.24, 2.45) is 0 Å². The van der Waals surface area contributed by atoms with Crippen LogP contribution in [0.15, 0.2) is 0 Å². The maximum atomic E-state index is 6.13. The van der Waals surface area contributed by atoms with Gasteiger partial charge in [-0.15, -0.1) is 0 Å². The van der Waals surface area contributed by atoms with Gasteiger partial charge in [-0.1, -0.05) is 38.8 Å². The second-order valence-electron chi connectivity index (χ2n) is 4.83. The molecule has 0 aliphatic heterocycles. The number of rotatable bonds is 5. The molecule has 0 aliphatic rings. The highest BCUT2D eigenvalue weighted by Gasteiger charge is 2.13. The number of nitrogens with one attached hydrogen (secondary N) is 1. The molecule has 0 saturated carbocycles. The van der Waals surface area contributed by atoms with Crippen molar-refractivity contribution in [3.63, 3.8) is 0 Å². The Bertz CT molecular complexity index is 377. The highest BCUT2D eigenvalue weighted by atomic mass is 35.5. The second-order valence-corrected chi connectivity index (χ2v) is 5.19. The maximum absolute atomic E-state index is 6.13. The third-order valence-corrected chi connectivity index (χ3v) is 3.09. The van der Waals surface area contributed by atoms with E-state index in [9.17, 15) is 0 Å². The van der Waals surface area contributed by atoms with Gasteiger partial charge in [-0.05, 0) is 20.3 Å². The first-order valence-corrected chi connectivity index (χ1v) is 6.64. The zero-order chi connectivity index (χ0) is 13.0. The van der Waals surface area contributed by atoms with Gasteiger partial charge in [0, 0.05) is 17.5 Å². The Morgan fingerprint density at radius 1 is 1.24 bits per heavy atom. The Morgan fingerprint density at radius 3 is 2.41 bits per heavy atom. The first-order chi connectivity index (χ1) is 7.95. The molecule has 0 bridgehead atoms. The molecule has 0 aliphatic carbocycles.